The topological polar surface area (TPSA) is 92.5 Å². The van der Waals surface area contributed by atoms with Crippen LogP contribution in [-0.4, -0.2) is 46.7 Å². The lowest BCUT2D eigenvalue weighted by atomic mass is 9.90. The van der Waals surface area contributed by atoms with Crippen LogP contribution in [0.4, 0.5) is 0 Å². The van der Waals surface area contributed by atoms with Crippen molar-refractivity contribution in [2.24, 2.45) is 11.3 Å². The first-order valence-corrected chi connectivity index (χ1v) is 9.20. The summed E-state index contributed by atoms with van der Waals surface area (Å²) in [5.41, 5.74) is 0.0511. The molecule has 0 aromatic carbocycles. The maximum absolute atomic E-state index is 13.0. The van der Waals surface area contributed by atoms with E-state index in [9.17, 15) is 18.3 Å². The zero-order valence-corrected chi connectivity index (χ0v) is 15.1. The minimum atomic E-state index is -3.73. The molecule has 0 aliphatic carbocycles. The Morgan fingerprint density at radius 3 is 2.48 bits per heavy atom. The molecule has 2 heterocycles. The van der Waals surface area contributed by atoms with Crippen LogP contribution in [0.2, 0.25) is 0 Å². The van der Waals surface area contributed by atoms with E-state index in [0.29, 0.717) is 30.3 Å². The molecule has 8 heteroatoms. The van der Waals surface area contributed by atoms with Gasteiger partial charge in [-0.15, -0.1) is 0 Å². The Bertz CT molecular complexity index is 723. The molecule has 1 aromatic heterocycles. The fourth-order valence-electron chi connectivity index (χ4n) is 3.01. The number of aliphatic carboxylic acids is 1. The van der Waals surface area contributed by atoms with E-state index in [-0.39, 0.29) is 18.0 Å². The third kappa shape index (κ3) is 3.14. The van der Waals surface area contributed by atoms with Crippen LogP contribution >= 0.6 is 0 Å². The van der Waals surface area contributed by atoms with Gasteiger partial charge in [0.2, 0.25) is 10.0 Å². The van der Waals surface area contributed by atoms with Crippen molar-refractivity contribution in [1.29, 1.82) is 0 Å². The molecule has 1 saturated heterocycles. The van der Waals surface area contributed by atoms with E-state index >= 15 is 0 Å². The van der Waals surface area contributed by atoms with Crippen LogP contribution in [0.1, 0.15) is 38.6 Å². The zero-order valence-electron chi connectivity index (χ0n) is 14.3. The molecule has 1 aromatic rings. The van der Waals surface area contributed by atoms with Crippen LogP contribution < -0.4 is 0 Å². The van der Waals surface area contributed by atoms with Crippen molar-refractivity contribution >= 4 is 16.0 Å². The van der Waals surface area contributed by atoms with Crippen LogP contribution in [-0.2, 0) is 21.4 Å². The Balaban J connectivity index is 2.38. The number of sulfonamides is 1. The van der Waals surface area contributed by atoms with Gasteiger partial charge in [0.05, 0.1) is 16.8 Å². The minimum Gasteiger partial charge on any atom is -0.481 e. The first-order chi connectivity index (χ1) is 10.5. The van der Waals surface area contributed by atoms with Crippen molar-refractivity contribution in [1.82, 2.24) is 14.1 Å². The Morgan fingerprint density at radius 2 is 2.00 bits per heavy atom. The second-order valence-electron chi connectivity index (χ2n) is 7.03. The predicted octanol–water partition coefficient (Wildman–Crippen LogP) is 1.64. The second kappa shape index (κ2) is 5.90. The number of rotatable bonds is 5. The van der Waals surface area contributed by atoms with Crippen molar-refractivity contribution in [3.63, 3.8) is 0 Å². The molecule has 130 valence electrons. The molecule has 0 bridgehead atoms. The van der Waals surface area contributed by atoms with Crippen molar-refractivity contribution in [2.45, 2.75) is 52.5 Å². The van der Waals surface area contributed by atoms with Crippen LogP contribution in [0.25, 0.3) is 0 Å². The lowest BCUT2D eigenvalue weighted by Crippen LogP contribution is -2.35. The fraction of sp³-hybridized carbons (Fsp3) is 0.733. The molecular weight excluding hydrogens is 318 g/mol. The van der Waals surface area contributed by atoms with E-state index in [1.54, 1.807) is 25.5 Å². The summed E-state index contributed by atoms with van der Waals surface area (Å²) in [5.74, 6) is -0.607. The summed E-state index contributed by atoms with van der Waals surface area (Å²) >= 11 is 0. The Kier molecular flexibility index (Phi) is 4.60. The van der Waals surface area contributed by atoms with E-state index in [1.165, 1.54) is 4.31 Å². The van der Waals surface area contributed by atoms with E-state index in [0.717, 1.165) is 0 Å². The average molecular weight is 343 g/mol. The molecule has 1 unspecified atom stereocenters. The molecule has 0 amide bonds. The first kappa shape index (κ1) is 17.9. The lowest BCUT2D eigenvalue weighted by molar-refractivity contribution is -0.146. The van der Waals surface area contributed by atoms with Gasteiger partial charge in [-0.1, -0.05) is 13.8 Å². The monoisotopic (exact) mass is 343 g/mol. The van der Waals surface area contributed by atoms with Gasteiger partial charge in [-0.3, -0.25) is 9.48 Å². The summed E-state index contributed by atoms with van der Waals surface area (Å²) in [4.78, 5) is 11.6. The molecule has 1 aliphatic rings. The summed E-state index contributed by atoms with van der Waals surface area (Å²) in [6.07, 6.45) is 0.319. The molecule has 0 saturated carbocycles. The number of hydrogen-bond acceptors (Lipinski definition) is 4. The van der Waals surface area contributed by atoms with Gasteiger partial charge in [-0.2, -0.15) is 9.40 Å². The van der Waals surface area contributed by atoms with Gasteiger partial charge >= 0.3 is 5.97 Å². The van der Waals surface area contributed by atoms with Crippen LogP contribution in [0, 0.1) is 25.2 Å². The highest BCUT2D eigenvalue weighted by molar-refractivity contribution is 7.89. The van der Waals surface area contributed by atoms with Crippen molar-refractivity contribution < 1.29 is 18.3 Å². The van der Waals surface area contributed by atoms with Gasteiger partial charge in [-0.25, -0.2) is 8.42 Å². The SMILES string of the molecule is Cc1nn(CC(C)C)c(C)c1S(=O)(=O)N1CCC(C)(C(=O)O)C1. The summed E-state index contributed by atoms with van der Waals surface area (Å²) < 4.78 is 28.9. The molecule has 1 N–H and O–H groups in total. The van der Waals surface area contributed by atoms with Crippen molar-refractivity contribution in [3.05, 3.63) is 11.4 Å². The number of carboxylic acids is 1. The number of carboxylic acid groups (broad SMARTS) is 1. The maximum Gasteiger partial charge on any atom is 0.310 e. The largest absolute Gasteiger partial charge is 0.481 e. The van der Waals surface area contributed by atoms with Gasteiger partial charge in [0.15, 0.2) is 0 Å². The van der Waals surface area contributed by atoms with Gasteiger partial charge < -0.3 is 5.11 Å². The highest BCUT2D eigenvalue weighted by Crippen LogP contribution is 2.35. The standard InChI is InChI=1S/C15H25N3O4S/c1-10(2)8-18-12(4)13(11(3)16-18)23(21,22)17-7-6-15(5,9-17)14(19)20/h10H,6-9H2,1-5H3,(H,19,20). The third-order valence-corrected chi connectivity index (χ3v) is 6.50. The van der Waals surface area contributed by atoms with E-state index in [4.69, 9.17) is 0 Å². The summed E-state index contributed by atoms with van der Waals surface area (Å²) in [6.45, 7) is 9.98. The highest BCUT2D eigenvalue weighted by Gasteiger charge is 2.46. The molecule has 0 spiro atoms. The van der Waals surface area contributed by atoms with E-state index in [1.807, 2.05) is 13.8 Å². The van der Waals surface area contributed by atoms with Crippen LogP contribution in [0.5, 0.6) is 0 Å². The molecule has 1 aliphatic heterocycles. The second-order valence-corrected chi connectivity index (χ2v) is 8.91. The minimum absolute atomic E-state index is 0.00108. The zero-order chi connectivity index (χ0) is 17.6. The average Bonchev–Trinajstić information content (AvgIpc) is 2.93. The highest BCUT2D eigenvalue weighted by atomic mass is 32.2. The van der Waals surface area contributed by atoms with E-state index < -0.39 is 21.4 Å². The molecule has 2 rings (SSSR count). The first-order valence-electron chi connectivity index (χ1n) is 7.76. The number of aromatic nitrogens is 2. The molecule has 1 atom stereocenters. The summed E-state index contributed by atoms with van der Waals surface area (Å²) in [6, 6.07) is 0. The van der Waals surface area contributed by atoms with Gasteiger partial charge in [0.1, 0.15) is 4.90 Å². The molecule has 0 radical (unpaired) electrons. The number of aryl methyl sites for hydroxylation is 1. The smallest absolute Gasteiger partial charge is 0.310 e. The molecule has 1 fully saturated rings. The van der Waals surface area contributed by atoms with Gasteiger partial charge in [-0.05, 0) is 33.1 Å². The molecular formula is C15H25N3O4S. The van der Waals surface area contributed by atoms with E-state index in [2.05, 4.69) is 5.10 Å². The summed E-state index contributed by atoms with van der Waals surface area (Å²) in [5, 5.41) is 13.7. The number of carbonyl (C=O) groups is 1. The Morgan fingerprint density at radius 1 is 1.39 bits per heavy atom. The fourth-order valence-corrected chi connectivity index (χ4v) is 4.94. The van der Waals surface area contributed by atoms with Crippen LogP contribution in [0.3, 0.4) is 0 Å². The number of nitrogens with zero attached hydrogens (tertiary/aromatic N) is 3. The quantitative estimate of drug-likeness (QED) is 0.877. The van der Waals surface area contributed by atoms with Crippen molar-refractivity contribution in [2.75, 3.05) is 13.1 Å². The van der Waals surface area contributed by atoms with Crippen LogP contribution in [0.15, 0.2) is 4.90 Å². The predicted molar refractivity (Wildman–Crippen MR) is 85.7 cm³/mol. The molecule has 7 nitrogen and oxygen atoms in total. The maximum atomic E-state index is 13.0. The van der Waals surface area contributed by atoms with Gasteiger partial charge in [0.25, 0.3) is 0 Å². The lowest BCUT2D eigenvalue weighted by Gasteiger charge is -2.20. The Hall–Kier alpha value is -1.41. The summed E-state index contributed by atoms with van der Waals surface area (Å²) in [7, 11) is -3.73. The third-order valence-electron chi connectivity index (χ3n) is 4.41. The molecule has 23 heavy (non-hydrogen) atoms. The van der Waals surface area contributed by atoms with Gasteiger partial charge in [0, 0.05) is 19.6 Å². The normalized spacial score (nSPS) is 22.9. The number of hydrogen-bond donors (Lipinski definition) is 1. The van der Waals surface area contributed by atoms with Crippen molar-refractivity contribution in [3.8, 4) is 0 Å². The Labute approximate surface area is 137 Å².